The third-order valence-electron chi connectivity index (χ3n) is 4.29. The highest BCUT2D eigenvalue weighted by Gasteiger charge is 2.29. The van der Waals surface area contributed by atoms with Crippen molar-refractivity contribution in [3.8, 4) is 0 Å². The van der Waals surface area contributed by atoms with Gasteiger partial charge in [0.15, 0.2) is 5.16 Å². The minimum Gasteiger partial charge on any atom is -0.331 e. The van der Waals surface area contributed by atoms with Crippen molar-refractivity contribution in [1.82, 2.24) is 15.0 Å². The fourth-order valence-electron chi connectivity index (χ4n) is 3.16. The highest BCUT2D eigenvalue weighted by molar-refractivity contribution is 7.85. The van der Waals surface area contributed by atoms with Crippen LogP contribution in [0.4, 0.5) is 0 Å². The van der Waals surface area contributed by atoms with E-state index in [2.05, 4.69) is 21.0 Å². The second-order valence-electron chi connectivity index (χ2n) is 5.74. The quantitative estimate of drug-likeness (QED) is 0.788. The maximum absolute atomic E-state index is 13.0. The molecule has 2 unspecified atom stereocenters. The molecule has 0 spiro atoms. The SMILES string of the molecule is Cc1cccc2[nH]c(S(=O)C3CCCc4cccnc43)nc12. The van der Waals surface area contributed by atoms with Crippen molar-refractivity contribution in [1.29, 1.82) is 0 Å². The summed E-state index contributed by atoms with van der Waals surface area (Å²) in [5, 5.41) is 0.499. The van der Waals surface area contributed by atoms with Crippen molar-refractivity contribution < 1.29 is 4.21 Å². The van der Waals surface area contributed by atoms with Crippen LogP contribution in [0.15, 0.2) is 41.7 Å². The van der Waals surface area contributed by atoms with E-state index in [-0.39, 0.29) is 5.25 Å². The molecule has 2 heterocycles. The van der Waals surface area contributed by atoms with Crippen molar-refractivity contribution in [3.05, 3.63) is 53.3 Å². The number of nitrogens with zero attached hydrogens (tertiary/aromatic N) is 2. The Labute approximate surface area is 131 Å². The van der Waals surface area contributed by atoms with Crippen LogP contribution in [0.5, 0.6) is 0 Å². The van der Waals surface area contributed by atoms with Gasteiger partial charge in [0.1, 0.15) is 0 Å². The van der Waals surface area contributed by atoms with Crippen LogP contribution in [0, 0.1) is 6.92 Å². The Bertz CT molecular complexity index is 871. The maximum atomic E-state index is 13.0. The molecule has 2 atom stereocenters. The molecule has 1 aliphatic carbocycles. The molecule has 5 heteroatoms. The van der Waals surface area contributed by atoms with E-state index in [9.17, 15) is 4.21 Å². The molecule has 0 saturated carbocycles. The predicted molar refractivity (Wildman–Crippen MR) is 87.2 cm³/mol. The van der Waals surface area contributed by atoms with Crippen molar-refractivity contribution >= 4 is 21.8 Å². The topological polar surface area (TPSA) is 58.6 Å². The molecule has 3 aromatic rings. The number of pyridine rings is 1. The summed E-state index contributed by atoms with van der Waals surface area (Å²) >= 11 is 0. The number of aromatic amines is 1. The van der Waals surface area contributed by atoms with Crippen LogP contribution < -0.4 is 0 Å². The molecule has 22 heavy (non-hydrogen) atoms. The van der Waals surface area contributed by atoms with Crippen LogP contribution >= 0.6 is 0 Å². The van der Waals surface area contributed by atoms with Crippen LogP contribution in [0.25, 0.3) is 11.0 Å². The van der Waals surface area contributed by atoms with Crippen molar-refractivity contribution in [2.75, 3.05) is 0 Å². The van der Waals surface area contributed by atoms with E-state index in [1.807, 2.05) is 31.2 Å². The van der Waals surface area contributed by atoms with Crippen molar-refractivity contribution in [3.63, 3.8) is 0 Å². The molecule has 0 amide bonds. The molecule has 4 rings (SSSR count). The van der Waals surface area contributed by atoms with Crippen LogP contribution in [-0.4, -0.2) is 19.2 Å². The fraction of sp³-hybridized carbons (Fsp3) is 0.294. The Morgan fingerprint density at radius 3 is 3.05 bits per heavy atom. The summed E-state index contributed by atoms with van der Waals surface area (Å²) in [7, 11) is -1.20. The first-order valence-electron chi connectivity index (χ1n) is 7.54. The average Bonchev–Trinajstić information content (AvgIpc) is 2.99. The molecule has 1 aromatic carbocycles. The first-order chi connectivity index (χ1) is 10.7. The number of rotatable bonds is 2. The minimum atomic E-state index is -1.20. The molecule has 0 bridgehead atoms. The van der Waals surface area contributed by atoms with Gasteiger partial charge in [-0.05, 0) is 49.4 Å². The molecule has 1 aliphatic rings. The van der Waals surface area contributed by atoms with Gasteiger partial charge in [-0.3, -0.25) is 9.19 Å². The second kappa shape index (κ2) is 5.32. The van der Waals surface area contributed by atoms with Gasteiger partial charge >= 0.3 is 0 Å². The zero-order valence-corrected chi connectivity index (χ0v) is 13.2. The minimum absolute atomic E-state index is 0.0641. The lowest BCUT2D eigenvalue weighted by atomic mass is 9.96. The molecular weight excluding hydrogens is 294 g/mol. The number of benzene rings is 1. The third kappa shape index (κ3) is 2.16. The first kappa shape index (κ1) is 13.6. The fourth-order valence-corrected chi connectivity index (χ4v) is 4.62. The van der Waals surface area contributed by atoms with E-state index < -0.39 is 10.8 Å². The van der Waals surface area contributed by atoms with Gasteiger partial charge in [-0.1, -0.05) is 18.2 Å². The first-order valence-corrected chi connectivity index (χ1v) is 8.75. The molecule has 0 saturated heterocycles. The second-order valence-corrected chi connectivity index (χ2v) is 7.29. The summed E-state index contributed by atoms with van der Waals surface area (Å²) < 4.78 is 13.0. The highest BCUT2D eigenvalue weighted by atomic mass is 32.2. The zero-order valence-electron chi connectivity index (χ0n) is 12.4. The summed E-state index contributed by atoms with van der Waals surface area (Å²) in [5.74, 6) is 0. The Morgan fingerprint density at radius 1 is 1.27 bits per heavy atom. The van der Waals surface area contributed by atoms with Crippen molar-refractivity contribution in [2.24, 2.45) is 0 Å². The van der Waals surface area contributed by atoms with Crippen molar-refractivity contribution in [2.45, 2.75) is 36.6 Å². The van der Waals surface area contributed by atoms with Gasteiger partial charge in [0.2, 0.25) is 0 Å². The number of aromatic nitrogens is 3. The molecular formula is C17H17N3OS. The van der Waals surface area contributed by atoms with Gasteiger partial charge in [-0.25, -0.2) is 4.98 Å². The zero-order chi connectivity index (χ0) is 15.1. The Balaban J connectivity index is 1.77. The molecule has 1 N–H and O–H groups in total. The normalized spacial score (nSPS) is 19.0. The standard InChI is InChI=1S/C17H17N3OS/c1-11-5-2-8-13-15(11)20-17(19-13)22(21)14-9-3-6-12-7-4-10-18-16(12)14/h2,4-5,7-8,10,14H,3,6,9H2,1H3,(H,19,20). The number of para-hydroxylation sites is 1. The predicted octanol–water partition coefficient (Wildman–Crippen LogP) is 3.45. The van der Waals surface area contributed by atoms with Gasteiger partial charge in [0.05, 0.1) is 32.8 Å². The number of fused-ring (bicyclic) bond motifs is 2. The number of imidazole rings is 1. The lowest BCUT2D eigenvalue weighted by Crippen LogP contribution is -2.17. The molecule has 4 nitrogen and oxygen atoms in total. The van der Waals surface area contributed by atoms with E-state index in [0.717, 1.165) is 41.6 Å². The molecule has 0 radical (unpaired) electrons. The summed E-state index contributed by atoms with van der Waals surface area (Å²) in [6, 6.07) is 10.0. The lowest BCUT2D eigenvalue weighted by molar-refractivity contribution is 0.614. The third-order valence-corrected chi connectivity index (χ3v) is 5.84. The van der Waals surface area contributed by atoms with E-state index in [0.29, 0.717) is 5.16 Å². The number of aryl methyl sites for hydroxylation is 2. The Morgan fingerprint density at radius 2 is 2.18 bits per heavy atom. The van der Waals surface area contributed by atoms with Crippen LogP contribution in [0.1, 0.15) is 34.9 Å². The maximum Gasteiger partial charge on any atom is 0.198 e. The molecule has 0 aliphatic heterocycles. The highest BCUT2D eigenvalue weighted by Crippen LogP contribution is 2.35. The largest absolute Gasteiger partial charge is 0.331 e. The molecule has 2 aromatic heterocycles. The summed E-state index contributed by atoms with van der Waals surface area (Å²) in [6.07, 6.45) is 4.76. The van der Waals surface area contributed by atoms with Gasteiger partial charge < -0.3 is 4.98 Å². The summed E-state index contributed by atoms with van der Waals surface area (Å²) in [5.41, 5.74) is 5.14. The van der Waals surface area contributed by atoms with Gasteiger partial charge in [0.25, 0.3) is 0 Å². The van der Waals surface area contributed by atoms with Crippen LogP contribution in [-0.2, 0) is 17.2 Å². The van der Waals surface area contributed by atoms with Crippen LogP contribution in [0.2, 0.25) is 0 Å². The Hall–Kier alpha value is -2.01. The number of hydrogen-bond donors (Lipinski definition) is 1. The van der Waals surface area contributed by atoms with Gasteiger partial charge in [0, 0.05) is 6.20 Å². The Kier molecular flexibility index (Phi) is 3.30. The average molecular weight is 311 g/mol. The van der Waals surface area contributed by atoms with Gasteiger partial charge in [-0.2, -0.15) is 0 Å². The van der Waals surface area contributed by atoms with Crippen LogP contribution in [0.3, 0.4) is 0 Å². The van der Waals surface area contributed by atoms with E-state index in [1.54, 1.807) is 6.20 Å². The van der Waals surface area contributed by atoms with E-state index in [1.165, 1.54) is 5.56 Å². The lowest BCUT2D eigenvalue weighted by Gasteiger charge is -2.22. The van der Waals surface area contributed by atoms with Gasteiger partial charge in [-0.15, -0.1) is 0 Å². The number of hydrogen-bond acceptors (Lipinski definition) is 3. The summed E-state index contributed by atoms with van der Waals surface area (Å²) in [4.78, 5) is 12.3. The smallest absolute Gasteiger partial charge is 0.198 e. The monoisotopic (exact) mass is 311 g/mol. The number of nitrogens with one attached hydrogen (secondary N) is 1. The summed E-state index contributed by atoms with van der Waals surface area (Å²) in [6.45, 7) is 2.02. The molecule has 112 valence electrons. The van der Waals surface area contributed by atoms with E-state index >= 15 is 0 Å². The molecule has 0 fully saturated rings. The van der Waals surface area contributed by atoms with E-state index in [4.69, 9.17) is 0 Å². The number of H-pyrrole nitrogens is 1.